The average molecular weight is 637 g/mol. The van der Waals surface area contributed by atoms with E-state index in [4.69, 9.17) is 16.1 Å². The zero-order valence-corrected chi connectivity index (χ0v) is 25.5. The molecule has 2 aromatic carbocycles. The molecule has 1 unspecified atom stereocenters. The number of aromatic nitrogens is 4. The first kappa shape index (κ1) is 29.5. The zero-order valence-electron chi connectivity index (χ0n) is 25.5. The Kier molecular flexibility index (Phi) is 7.13. The smallest absolute Gasteiger partial charge is 0.317 e. The molecule has 0 aliphatic carbocycles. The first-order valence-corrected chi connectivity index (χ1v) is 15.8. The third-order valence-corrected chi connectivity index (χ3v) is 9.96. The number of ether oxygens (including phenoxy) is 1. The summed E-state index contributed by atoms with van der Waals surface area (Å²) in [7, 11) is 0. The van der Waals surface area contributed by atoms with Gasteiger partial charge in [0.15, 0.2) is 5.82 Å². The van der Waals surface area contributed by atoms with E-state index in [0.717, 1.165) is 37.8 Å². The maximum absolute atomic E-state index is 16.8. The topological polar surface area (TPSA) is 87.5 Å². The van der Waals surface area contributed by atoms with Crippen molar-refractivity contribution in [1.29, 1.82) is 0 Å². The Morgan fingerprint density at radius 2 is 1.96 bits per heavy atom. The van der Waals surface area contributed by atoms with Crippen molar-refractivity contribution in [3.05, 3.63) is 77.8 Å². The Morgan fingerprint density at radius 3 is 2.74 bits per heavy atom. The SMILES string of the molecule is C#Cc1c(F)ccc2cc(O)cc(-c3nc(N4CCC4Cc4ccncc4)c4cnc(OC[C@@]56CCCN5C[C@H](F)C6)nc4c3F)c12. The normalized spacial score (nSPS) is 22.4. The van der Waals surface area contributed by atoms with Gasteiger partial charge in [-0.25, -0.2) is 23.1 Å². The summed E-state index contributed by atoms with van der Waals surface area (Å²) in [5.74, 6) is 1.27. The van der Waals surface area contributed by atoms with Gasteiger partial charge in [-0.1, -0.05) is 12.0 Å². The molecule has 0 saturated carbocycles. The number of phenolic OH excluding ortho intramolecular Hbond substituents is 1. The molecule has 3 atom stereocenters. The highest BCUT2D eigenvalue weighted by Crippen LogP contribution is 2.43. The minimum Gasteiger partial charge on any atom is -0.508 e. The molecule has 3 aliphatic rings. The lowest BCUT2D eigenvalue weighted by molar-refractivity contribution is 0.107. The highest BCUT2D eigenvalue weighted by molar-refractivity contribution is 6.03. The van der Waals surface area contributed by atoms with E-state index >= 15 is 4.39 Å². The van der Waals surface area contributed by atoms with Crippen molar-refractivity contribution in [3.8, 4) is 35.4 Å². The van der Waals surface area contributed by atoms with E-state index in [-0.39, 0.29) is 52.1 Å². The lowest BCUT2D eigenvalue weighted by Gasteiger charge is -2.42. The molecule has 3 aromatic heterocycles. The molecular formula is C36H31F3N6O2. The van der Waals surface area contributed by atoms with Crippen LogP contribution in [0.15, 0.2) is 55.0 Å². The lowest BCUT2D eigenvalue weighted by atomic mass is 9.94. The van der Waals surface area contributed by atoms with Crippen molar-refractivity contribution >= 4 is 27.5 Å². The fraction of sp³-hybridized carbons (Fsp3) is 0.333. The van der Waals surface area contributed by atoms with Crippen LogP contribution in [0.5, 0.6) is 11.8 Å². The number of hydrogen-bond donors (Lipinski definition) is 1. The van der Waals surface area contributed by atoms with E-state index in [1.165, 1.54) is 30.5 Å². The summed E-state index contributed by atoms with van der Waals surface area (Å²) >= 11 is 0. The van der Waals surface area contributed by atoms with Gasteiger partial charge in [0.1, 0.15) is 41.4 Å². The fourth-order valence-electron chi connectivity index (χ4n) is 7.61. The Morgan fingerprint density at radius 1 is 1.11 bits per heavy atom. The maximum Gasteiger partial charge on any atom is 0.317 e. The minimum atomic E-state index is -0.920. The summed E-state index contributed by atoms with van der Waals surface area (Å²) in [4.78, 5) is 22.2. The van der Waals surface area contributed by atoms with Crippen LogP contribution in [0.1, 0.15) is 36.8 Å². The highest BCUT2D eigenvalue weighted by Gasteiger charge is 2.49. The number of anilines is 1. The molecule has 11 heteroatoms. The number of alkyl halides is 1. The molecule has 1 N–H and O–H groups in total. The first-order valence-electron chi connectivity index (χ1n) is 15.8. The molecule has 0 spiro atoms. The number of rotatable bonds is 7. The van der Waals surface area contributed by atoms with Crippen molar-refractivity contribution in [2.75, 3.05) is 31.1 Å². The summed E-state index contributed by atoms with van der Waals surface area (Å²) in [6.07, 6.45) is 13.6. The Balaban J connectivity index is 1.27. The molecule has 8 rings (SSSR count). The van der Waals surface area contributed by atoms with E-state index in [2.05, 4.69) is 30.7 Å². The summed E-state index contributed by atoms with van der Waals surface area (Å²) in [5, 5.41) is 11.8. The van der Waals surface area contributed by atoms with Gasteiger partial charge in [-0.3, -0.25) is 9.88 Å². The van der Waals surface area contributed by atoms with Crippen molar-refractivity contribution < 1.29 is 23.0 Å². The number of aromatic hydroxyl groups is 1. The van der Waals surface area contributed by atoms with Gasteiger partial charge in [0, 0.05) is 55.1 Å². The number of terminal acetylenes is 1. The number of phenols is 1. The quantitative estimate of drug-likeness (QED) is 0.219. The predicted molar refractivity (Wildman–Crippen MR) is 172 cm³/mol. The molecule has 3 aliphatic heterocycles. The number of benzene rings is 2. The van der Waals surface area contributed by atoms with Gasteiger partial charge in [0.2, 0.25) is 0 Å². The molecule has 3 saturated heterocycles. The van der Waals surface area contributed by atoms with E-state index in [1.807, 2.05) is 12.1 Å². The molecule has 238 valence electrons. The van der Waals surface area contributed by atoms with Crippen LogP contribution >= 0.6 is 0 Å². The van der Waals surface area contributed by atoms with Crippen molar-refractivity contribution in [3.63, 3.8) is 0 Å². The van der Waals surface area contributed by atoms with Crippen LogP contribution in [0.25, 0.3) is 32.9 Å². The van der Waals surface area contributed by atoms with Gasteiger partial charge in [0.05, 0.1) is 16.5 Å². The Hall–Kier alpha value is -4.95. The van der Waals surface area contributed by atoms with Crippen LogP contribution < -0.4 is 9.64 Å². The number of pyridine rings is 2. The summed E-state index contributed by atoms with van der Waals surface area (Å²) in [5.41, 5.74) is 0.583. The molecule has 6 heterocycles. The van der Waals surface area contributed by atoms with Crippen molar-refractivity contribution in [2.45, 2.75) is 49.9 Å². The number of nitrogens with zero attached hydrogens (tertiary/aromatic N) is 6. The summed E-state index contributed by atoms with van der Waals surface area (Å²) < 4.78 is 52.3. The van der Waals surface area contributed by atoms with E-state index in [9.17, 15) is 13.9 Å². The van der Waals surface area contributed by atoms with E-state index in [1.54, 1.807) is 12.4 Å². The molecule has 0 bridgehead atoms. The molecular weight excluding hydrogens is 605 g/mol. The second-order valence-electron chi connectivity index (χ2n) is 12.7. The van der Waals surface area contributed by atoms with Crippen LogP contribution in [0.4, 0.5) is 19.0 Å². The highest BCUT2D eigenvalue weighted by atomic mass is 19.1. The molecule has 8 nitrogen and oxygen atoms in total. The minimum absolute atomic E-state index is 0.0314. The van der Waals surface area contributed by atoms with Crippen LogP contribution in [0.2, 0.25) is 0 Å². The molecule has 5 aromatic rings. The van der Waals surface area contributed by atoms with Gasteiger partial charge >= 0.3 is 6.01 Å². The largest absolute Gasteiger partial charge is 0.508 e. The fourth-order valence-corrected chi connectivity index (χ4v) is 7.61. The monoisotopic (exact) mass is 636 g/mol. The second-order valence-corrected chi connectivity index (χ2v) is 12.7. The van der Waals surface area contributed by atoms with Crippen molar-refractivity contribution in [2.24, 2.45) is 0 Å². The van der Waals surface area contributed by atoms with Crippen LogP contribution in [-0.2, 0) is 6.42 Å². The number of hydrogen-bond acceptors (Lipinski definition) is 8. The lowest BCUT2D eigenvalue weighted by Crippen LogP contribution is -2.49. The van der Waals surface area contributed by atoms with Gasteiger partial charge in [-0.2, -0.15) is 4.98 Å². The summed E-state index contributed by atoms with van der Waals surface area (Å²) in [6.45, 7) is 2.04. The van der Waals surface area contributed by atoms with E-state index < -0.39 is 23.3 Å². The third kappa shape index (κ3) is 4.99. The number of halogens is 3. The molecule has 47 heavy (non-hydrogen) atoms. The predicted octanol–water partition coefficient (Wildman–Crippen LogP) is 5.98. The van der Waals surface area contributed by atoms with Gasteiger partial charge in [-0.15, -0.1) is 6.42 Å². The zero-order chi connectivity index (χ0) is 32.3. The van der Waals surface area contributed by atoms with Gasteiger partial charge in [0.25, 0.3) is 0 Å². The van der Waals surface area contributed by atoms with Crippen LogP contribution in [0, 0.1) is 24.0 Å². The summed E-state index contributed by atoms with van der Waals surface area (Å²) in [6, 6.07) is 9.44. The number of fused-ring (bicyclic) bond motifs is 3. The standard InChI is InChI=1S/C36H31F3N6O2/c1-2-26-29(38)5-4-22-15-25(46)16-27(30(22)26)32-31(39)33-28(34(42-32)45-13-8-24(45)14-21-6-10-40-11-7-21)18-41-35(43-33)47-20-36-9-3-12-44(36)19-23(37)17-36/h1,4-7,10-11,15-16,18,23-24,46H,3,8-9,12-14,17,19-20H2/t23-,24?,36+/m1/s1. The Labute approximate surface area is 269 Å². The molecule has 0 amide bonds. The van der Waals surface area contributed by atoms with Crippen molar-refractivity contribution in [1.82, 2.24) is 24.8 Å². The van der Waals surface area contributed by atoms with Gasteiger partial charge in [-0.05, 0) is 73.5 Å². The molecule has 3 fully saturated rings. The Bertz CT molecular complexity index is 2070. The average Bonchev–Trinajstić information content (AvgIpc) is 3.59. The molecule has 0 radical (unpaired) electrons. The third-order valence-electron chi connectivity index (χ3n) is 9.96. The second kappa shape index (κ2) is 11.4. The van der Waals surface area contributed by atoms with Crippen LogP contribution in [-0.4, -0.2) is 73.9 Å². The van der Waals surface area contributed by atoms with Crippen LogP contribution in [0.3, 0.4) is 0 Å². The van der Waals surface area contributed by atoms with Gasteiger partial charge < -0.3 is 14.7 Å². The maximum atomic E-state index is 16.8. The van der Waals surface area contributed by atoms with E-state index in [0.29, 0.717) is 36.1 Å². The first-order chi connectivity index (χ1) is 22.8.